The summed E-state index contributed by atoms with van der Waals surface area (Å²) >= 11 is 0. The molecule has 0 aromatic heterocycles. The molecule has 0 bridgehead atoms. The van der Waals surface area contributed by atoms with Crippen molar-refractivity contribution in [3.63, 3.8) is 0 Å². The molecule has 1 aliphatic carbocycles. The van der Waals surface area contributed by atoms with Crippen molar-refractivity contribution in [2.75, 3.05) is 32.7 Å². The number of hydrogen-bond acceptors (Lipinski definition) is 2. The zero-order valence-corrected chi connectivity index (χ0v) is 13.5. The van der Waals surface area contributed by atoms with Crippen molar-refractivity contribution in [3.8, 4) is 0 Å². The number of guanidine groups is 1. The van der Waals surface area contributed by atoms with Crippen molar-refractivity contribution in [1.29, 1.82) is 0 Å². The lowest BCUT2D eigenvalue weighted by Gasteiger charge is -2.30. The van der Waals surface area contributed by atoms with Gasteiger partial charge in [-0.05, 0) is 64.1 Å². The Bertz CT molecular complexity index is 308. The average molecular weight is 280 g/mol. The number of aliphatic imine (C=N–C) groups is 1. The topological polar surface area (TPSA) is 39.7 Å². The molecule has 1 saturated heterocycles. The lowest BCUT2D eigenvalue weighted by molar-refractivity contribution is 0.188. The Hall–Kier alpha value is -0.770. The molecule has 0 radical (unpaired) electrons. The first-order valence-corrected chi connectivity index (χ1v) is 8.50. The van der Waals surface area contributed by atoms with E-state index >= 15 is 0 Å². The van der Waals surface area contributed by atoms with Gasteiger partial charge in [0.15, 0.2) is 5.96 Å². The summed E-state index contributed by atoms with van der Waals surface area (Å²) in [4.78, 5) is 7.30. The van der Waals surface area contributed by atoms with Gasteiger partial charge in [-0.25, -0.2) is 0 Å². The Balaban J connectivity index is 1.67. The highest BCUT2D eigenvalue weighted by Gasteiger charge is 2.33. The minimum absolute atomic E-state index is 0.653. The minimum Gasteiger partial charge on any atom is -0.357 e. The third-order valence-electron chi connectivity index (χ3n) is 4.74. The predicted octanol–water partition coefficient (Wildman–Crippen LogP) is 2.07. The zero-order chi connectivity index (χ0) is 14.4. The fourth-order valence-corrected chi connectivity index (χ4v) is 2.97. The Labute approximate surface area is 124 Å². The molecule has 2 atom stereocenters. The van der Waals surface area contributed by atoms with E-state index in [1.54, 1.807) is 0 Å². The van der Waals surface area contributed by atoms with E-state index in [1.165, 1.54) is 45.3 Å². The third-order valence-corrected chi connectivity index (χ3v) is 4.74. The van der Waals surface area contributed by atoms with Crippen LogP contribution in [0.2, 0.25) is 0 Å². The van der Waals surface area contributed by atoms with Gasteiger partial charge in [0, 0.05) is 19.1 Å². The Kier molecular flexibility index (Phi) is 6.14. The maximum absolute atomic E-state index is 4.74. The highest BCUT2D eigenvalue weighted by atomic mass is 15.2. The maximum atomic E-state index is 4.74. The van der Waals surface area contributed by atoms with Crippen LogP contribution in [0.25, 0.3) is 0 Å². The van der Waals surface area contributed by atoms with Gasteiger partial charge in [0.2, 0.25) is 0 Å². The molecular weight excluding hydrogens is 248 g/mol. The van der Waals surface area contributed by atoms with Crippen molar-refractivity contribution in [2.24, 2.45) is 16.8 Å². The summed E-state index contributed by atoms with van der Waals surface area (Å²) in [7, 11) is 0. The van der Waals surface area contributed by atoms with Crippen LogP contribution in [0.3, 0.4) is 0 Å². The van der Waals surface area contributed by atoms with Crippen LogP contribution in [-0.2, 0) is 0 Å². The minimum atomic E-state index is 0.653. The van der Waals surface area contributed by atoms with Crippen LogP contribution < -0.4 is 10.6 Å². The van der Waals surface area contributed by atoms with E-state index in [9.17, 15) is 0 Å². The molecule has 1 saturated carbocycles. The molecule has 0 amide bonds. The summed E-state index contributed by atoms with van der Waals surface area (Å²) in [5.41, 5.74) is 0. The van der Waals surface area contributed by atoms with Gasteiger partial charge in [-0.2, -0.15) is 0 Å². The van der Waals surface area contributed by atoms with E-state index in [-0.39, 0.29) is 0 Å². The van der Waals surface area contributed by atoms with Crippen molar-refractivity contribution in [3.05, 3.63) is 0 Å². The molecule has 2 N–H and O–H groups in total. The molecule has 0 spiro atoms. The molecule has 2 fully saturated rings. The first-order valence-electron chi connectivity index (χ1n) is 8.50. The van der Waals surface area contributed by atoms with Crippen molar-refractivity contribution in [1.82, 2.24) is 15.5 Å². The van der Waals surface area contributed by atoms with Crippen molar-refractivity contribution in [2.45, 2.75) is 52.5 Å². The normalized spacial score (nSPS) is 28.4. The second-order valence-electron chi connectivity index (χ2n) is 6.39. The smallest absolute Gasteiger partial charge is 0.191 e. The summed E-state index contributed by atoms with van der Waals surface area (Å²) in [6.07, 6.45) is 5.24. The van der Waals surface area contributed by atoms with Crippen LogP contribution in [0.15, 0.2) is 4.99 Å². The molecule has 2 rings (SSSR count). The predicted molar refractivity (Wildman–Crippen MR) is 86.1 cm³/mol. The lowest BCUT2D eigenvalue weighted by atomic mass is 9.94. The van der Waals surface area contributed by atoms with Crippen LogP contribution in [0.4, 0.5) is 0 Å². The number of nitrogens with zero attached hydrogens (tertiary/aromatic N) is 2. The summed E-state index contributed by atoms with van der Waals surface area (Å²) in [5, 5.41) is 6.89. The summed E-state index contributed by atoms with van der Waals surface area (Å²) < 4.78 is 0. The highest BCUT2D eigenvalue weighted by Crippen LogP contribution is 2.28. The van der Waals surface area contributed by atoms with E-state index in [4.69, 9.17) is 4.99 Å². The molecular formula is C16H32N4. The molecule has 4 heteroatoms. The second kappa shape index (κ2) is 7.87. The first kappa shape index (κ1) is 15.6. The molecule has 2 unspecified atom stereocenters. The van der Waals surface area contributed by atoms with E-state index < -0.39 is 0 Å². The van der Waals surface area contributed by atoms with E-state index in [1.807, 2.05) is 0 Å². The highest BCUT2D eigenvalue weighted by molar-refractivity contribution is 5.80. The van der Waals surface area contributed by atoms with Gasteiger partial charge in [-0.15, -0.1) is 0 Å². The fourth-order valence-electron chi connectivity index (χ4n) is 2.97. The summed E-state index contributed by atoms with van der Waals surface area (Å²) in [5.74, 6) is 2.72. The van der Waals surface area contributed by atoms with Gasteiger partial charge in [-0.1, -0.05) is 13.8 Å². The Morgan fingerprint density at radius 2 is 1.95 bits per heavy atom. The first-order chi connectivity index (χ1) is 9.72. The monoisotopic (exact) mass is 280 g/mol. The SMILES string of the molecule is CCNC(=NCCC1CCN(CC)CC1)NC1CC1C. The number of likely N-dealkylation sites (tertiary alicyclic amines) is 1. The molecule has 0 aromatic rings. The Morgan fingerprint density at radius 3 is 2.50 bits per heavy atom. The van der Waals surface area contributed by atoms with Gasteiger partial charge < -0.3 is 15.5 Å². The third kappa shape index (κ3) is 4.97. The summed E-state index contributed by atoms with van der Waals surface area (Å²) in [6, 6.07) is 0.653. The largest absolute Gasteiger partial charge is 0.357 e. The van der Waals surface area contributed by atoms with Gasteiger partial charge in [0.1, 0.15) is 0 Å². The van der Waals surface area contributed by atoms with Gasteiger partial charge >= 0.3 is 0 Å². The molecule has 0 aromatic carbocycles. The molecule has 1 aliphatic heterocycles. The van der Waals surface area contributed by atoms with Crippen LogP contribution in [0.5, 0.6) is 0 Å². The molecule has 116 valence electrons. The lowest BCUT2D eigenvalue weighted by Crippen LogP contribution is -2.39. The van der Waals surface area contributed by atoms with Gasteiger partial charge in [0.05, 0.1) is 0 Å². The van der Waals surface area contributed by atoms with Crippen molar-refractivity contribution >= 4 is 5.96 Å². The molecule has 1 heterocycles. The molecule has 4 nitrogen and oxygen atoms in total. The number of nitrogens with one attached hydrogen (secondary N) is 2. The second-order valence-corrected chi connectivity index (χ2v) is 6.39. The number of hydrogen-bond donors (Lipinski definition) is 2. The van der Waals surface area contributed by atoms with Crippen molar-refractivity contribution < 1.29 is 0 Å². The fraction of sp³-hybridized carbons (Fsp3) is 0.938. The molecule has 20 heavy (non-hydrogen) atoms. The summed E-state index contributed by atoms with van der Waals surface area (Å²) in [6.45, 7) is 12.4. The number of rotatable bonds is 6. The Morgan fingerprint density at radius 1 is 1.25 bits per heavy atom. The average Bonchev–Trinajstić information content (AvgIpc) is 3.15. The standard InChI is InChI=1S/C16H32N4/c1-4-17-16(19-15-12-13(15)3)18-9-6-14-7-10-20(5-2)11-8-14/h13-15H,4-12H2,1-3H3,(H2,17,18,19). The number of piperidine rings is 1. The van der Waals surface area contributed by atoms with Crippen LogP contribution >= 0.6 is 0 Å². The van der Waals surface area contributed by atoms with Crippen LogP contribution in [-0.4, -0.2) is 49.6 Å². The van der Waals surface area contributed by atoms with E-state index in [0.29, 0.717) is 6.04 Å². The van der Waals surface area contributed by atoms with Gasteiger partial charge in [-0.3, -0.25) is 4.99 Å². The zero-order valence-electron chi connectivity index (χ0n) is 13.5. The molecule has 2 aliphatic rings. The van der Waals surface area contributed by atoms with Crippen LogP contribution in [0, 0.1) is 11.8 Å². The quantitative estimate of drug-likeness (QED) is 0.578. The van der Waals surface area contributed by atoms with E-state index in [2.05, 4.69) is 36.3 Å². The van der Waals surface area contributed by atoms with Crippen LogP contribution in [0.1, 0.15) is 46.5 Å². The van der Waals surface area contributed by atoms with Gasteiger partial charge in [0.25, 0.3) is 0 Å². The van der Waals surface area contributed by atoms with E-state index in [0.717, 1.165) is 30.9 Å². The maximum Gasteiger partial charge on any atom is 0.191 e.